The second-order valence-electron chi connectivity index (χ2n) is 4.20. The molecule has 1 aliphatic rings. The van der Waals surface area contributed by atoms with Crippen LogP contribution in [0.4, 0.5) is 0 Å². The van der Waals surface area contributed by atoms with E-state index in [1.54, 1.807) is 12.0 Å². The standard InChI is InChI=1S/C10H20N2O2/c1-7(2)9(11)10(13)12-5-4-8(6-12)14-3/h7-9H,4-6,11H2,1-3H3/t8?,9-/m1/s1. The zero-order chi connectivity index (χ0) is 10.7. The van der Waals surface area contributed by atoms with Crippen LogP contribution in [0.3, 0.4) is 0 Å². The molecule has 1 saturated heterocycles. The van der Waals surface area contributed by atoms with Gasteiger partial charge in [-0.15, -0.1) is 0 Å². The van der Waals surface area contributed by atoms with Crippen LogP contribution < -0.4 is 5.73 Å². The Bertz CT molecular complexity index is 206. The lowest BCUT2D eigenvalue weighted by Gasteiger charge is -2.22. The van der Waals surface area contributed by atoms with Crippen LogP contribution in [0.25, 0.3) is 0 Å². The molecule has 1 aliphatic heterocycles. The number of carbonyl (C=O) groups is 1. The van der Waals surface area contributed by atoms with E-state index in [0.29, 0.717) is 6.54 Å². The molecule has 1 unspecified atom stereocenters. The van der Waals surface area contributed by atoms with Gasteiger partial charge in [0.2, 0.25) is 5.91 Å². The molecule has 82 valence electrons. The Kier molecular flexibility index (Phi) is 3.89. The SMILES string of the molecule is COC1CCN(C(=O)[C@H](N)C(C)C)C1. The Balaban J connectivity index is 2.47. The summed E-state index contributed by atoms with van der Waals surface area (Å²) < 4.78 is 5.20. The van der Waals surface area contributed by atoms with Gasteiger partial charge in [0.05, 0.1) is 12.1 Å². The molecule has 0 aromatic rings. The Labute approximate surface area is 85.4 Å². The summed E-state index contributed by atoms with van der Waals surface area (Å²) in [4.78, 5) is 13.6. The summed E-state index contributed by atoms with van der Waals surface area (Å²) in [7, 11) is 1.68. The molecule has 0 aromatic carbocycles. The van der Waals surface area contributed by atoms with Crippen LogP contribution in [0.2, 0.25) is 0 Å². The van der Waals surface area contributed by atoms with Crippen molar-refractivity contribution in [2.75, 3.05) is 20.2 Å². The summed E-state index contributed by atoms with van der Waals surface area (Å²) in [6.07, 6.45) is 1.12. The lowest BCUT2D eigenvalue weighted by molar-refractivity contribution is -0.132. The van der Waals surface area contributed by atoms with E-state index in [9.17, 15) is 4.79 Å². The molecule has 1 rings (SSSR count). The molecule has 0 radical (unpaired) electrons. The van der Waals surface area contributed by atoms with E-state index in [2.05, 4.69) is 0 Å². The molecule has 4 nitrogen and oxygen atoms in total. The second-order valence-corrected chi connectivity index (χ2v) is 4.20. The second kappa shape index (κ2) is 4.75. The Morgan fingerprint density at radius 2 is 2.21 bits per heavy atom. The molecular formula is C10H20N2O2. The van der Waals surface area contributed by atoms with Gasteiger partial charge >= 0.3 is 0 Å². The number of carbonyl (C=O) groups excluding carboxylic acids is 1. The number of rotatable bonds is 3. The molecule has 1 heterocycles. The fourth-order valence-corrected chi connectivity index (χ4v) is 1.62. The van der Waals surface area contributed by atoms with Gasteiger partial charge in [-0.1, -0.05) is 13.8 Å². The first kappa shape index (κ1) is 11.5. The van der Waals surface area contributed by atoms with Gasteiger partial charge in [0.25, 0.3) is 0 Å². The summed E-state index contributed by atoms with van der Waals surface area (Å²) in [5, 5.41) is 0. The third-order valence-corrected chi connectivity index (χ3v) is 2.79. The van der Waals surface area contributed by atoms with E-state index in [4.69, 9.17) is 10.5 Å². The van der Waals surface area contributed by atoms with Gasteiger partial charge in [-0.3, -0.25) is 4.79 Å². The molecule has 0 saturated carbocycles. The Hall–Kier alpha value is -0.610. The first-order valence-corrected chi connectivity index (χ1v) is 5.13. The summed E-state index contributed by atoms with van der Waals surface area (Å²) in [6.45, 7) is 5.40. The third-order valence-electron chi connectivity index (χ3n) is 2.79. The van der Waals surface area contributed by atoms with Crippen LogP contribution in [0.15, 0.2) is 0 Å². The number of nitrogens with zero attached hydrogens (tertiary/aromatic N) is 1. The molecule has 0 spiro atoms. The molecular weight excluding hydrogens is 180 g/mol. The van der Waals surface area contributed by atoms with E-state index in [1.165, 1.54) is 0 Å². The smallest absolute Gasteiger partial charge is 0.239 e. The fourth-order valence-electron chi connectivity index (χ4n) is 1.62. The highest BCUT2D eigenvalue weighted by molar-refractivity contribution is 5.82. The maximum atomic E-state index is 11.8. The van der Waals surface area contributed by atoms with E-state index in [1.807, 2.05) is 13.8 Å². The molecule has 0 bridgehead atoms. The van der Waals surface area contributed by atoms with Crippen molar-refractivity contribution in [1.82, 2.24) is 4.90 Å². The van der Waals surface area contributed by atoms with Crippen molar-refractivity contribution in [1.29, 1.82) is 0 Å². The van der Waals surface area contributed by atoms with E-state index in [0.717, 1.165) is 13.0 Å². The van der Waals surface area contributed by atoms with Crippen LogP contribution in [-0.4, -0.2) is 43.2 Å². The van der Waals surface area contributed by atoms with Crippen molar-refractivity contribution >= 4 is 5.91 Å². The molecule has 4 heteroatoms. The number of methoxy groups -OCH3 is 1. The average molecular weight is 200 g/mol. The largest absolute Gasteiger partial charge is 0.380 e. The van der Waals surface area contributed by atoms with Crippen LogP contribution in [-0.2, 0) is 9.53 Å². The topological polar surface area (TPSA) is 55.6 Å². The fraction of sp³-hybridized carbons (Fsp3) is 0.900. The Morgan fingerprint density at radius 1 is 1.57 bits per heavy atom. The zero-order valence-electron chi connectivity index (χ0n) is 9.19. The van der Waals surface area contributed by atoms with Crippen LogP contribution in [0, 0.1) is 5.92 Å². The summed E-state index contributed by atoms with van der Waals surface area (Å²) in [5.41, 5.74) is 5.79. The van der Waals surface area contributed by atoms with Crippen molar-refractivity contribution in [3.8, 4) is 0 Å². The minimum Gasteiger partial charge on any atom is -0.380 e. The van der Waals surface area contributed by atoms with Gasteiger partial charge < -0.3 is 15.4 Å². The number of amides is 1. The molecule has 2 N–H and O–H groups in total. The highest BCUT2D eigenvalue weighted by Crippen LogP contribution is 2.14. The maximum Gasteiger partial charge on any atom is 0.239 e. The molecule has 14 heavy (non-hydrogen) atoms. The van der Waals surface area contributed by atoms with E-state index >= 15 is 0 Å². The molecule has 2 atom stereocenters. The van der Waals surface area contributed by atoms with Gasteiger partial charge in [-0.25, -0.2) is 0 Å². The lowest BCUT2D eigenvalue weighted by atomic mass is 10.0. The Morgan fingerprint density at radius 3 is 2.64 bits per heavy atom. The van der Waals surface area contributed by atoms with Gasteiger partial charge in [0.1, 0.15) is 0 Å². The number of ether oxygens (including phenoxy) is 1. The highest BCUT2D eigenvalue weighted by Gasteiger charge is 2.30. The zero-order valence-corrected chi connectivity index (χ0v) is 9.19. The number of nitrogens with two attached hydrogens (primary N) is 1. The molecule has 0 aromatic heterocycles. The predicted molar refractivity (Wildman–Crippen MR) is 54.8 cm³/mol. The van der Waals surface area contributed by atoms with Gasteiger partial charge in [0, 0.05) is 20.2 Å². The van der Waals surface area contributed by atoms with Crippen LogP contribution in [0.5, 0.6) is 0 Å². The molecule has 1 fully saturated rings. The van der Waals surface area contributed by atoms with Crippen LogP contribution >= 0.6 is 0 Å². The minimum absolute atomic E-state index is 0.0551. The minimum atomic E-state index is -0.370. The maximum absolute atomic E-state index is 11.8. The van der Waals surface area contributed by atoms with Crippen LogP contribution in [0.1, 0.15) is 20.3 Å². The number of hydrogen-bond donors (Lipinski definition) is 1. The molecule has 0 aliphatic carbocycles. The number of likely N-dealkylation sites (tertiary alicyclic amines) is 1. The average Bonchev–Trinajstić information content (AvgIpc) is 2.63. The van der Waals surface area contributed by atoms with Gasteiger partial charge in [-0.2, -0.15) is 0 Å². The predicted octanol–water partition coefficient (Wildman–Crippen LogP) is 0.217. The third kappa shape index (κ3) is 2.45. The number of hydrogen-bond acceptors (Lipinski definition) is 3. The van der Waals surface area contributed by atoms with E-state index in [-0.39, 0.29) is 24.0 Å². The summed E-state index contributed by atoms with van der Waals surface area (Å²) in [6, 6.07) is -0.370. The lowest BCUT2D eigenvalue weighted by Crippen LogP contribution is -2.45. The van der Waals surface area contributed by atoms with Crippen molar-refractivity contribution in [2.24, 2.45) is 11.7 Å². The summed E-state index contributed by atoms with van der Waals surface area (Å²) >= 11 is 0. The quantitative estimate of drug-likeness (QED) is 0.709. The first-order valence-electron chi connectivity index (χ1n) is 5.13. The van der Waals surface area contributed by atoms with Gasteiger partial charge in [0.15, 0.2) is 0 Å². The summed E-state index contributed by atoms with van der Waals surface area (Å²) in [5.74, 6) is 0.253. The van der Waals surface area contributed by atoms with Crippen molar-refractivity contribution in [3.63, 3.8) is 0 Å². The van der Waals surface area contributed by atoms with E-state index < -0.39 is 0 Å². The monoisotopic (exact) mass is 200 g/mol. The first-order chi connectivity index (χ1) is 6.56. The normalized spacial score (nSPS) is 24.4. The van der Waals surface area contributed by atoms with Gasteiger partial charge in [-0.05, 0) is 12.3 Å². The van der Waals surface area contributed by atoms with Crippen molar-refractivity contribution in [3.05, 3.63) is 0 Å². The highest BCUT2D eigenvalue weighted by atomic mass is 16.5. The van der Waals surface area contributed by atoms with Crippen molar-refractivity contribution < 1.29 is 9.53 Å². The van der Waals surface area contributed by atoms with Crippen molar-refractivity contribution in [2.45, 2.75) is 32.4 Å². The molecule has 1 amide bonds.